The Balaban J connectivity index is 3.91. The molecule has 11 heavy (non-hydrogen) atoms. The van der Waals surface area contributed by atoms with Crippen molar-refractivity contribution in [3.05, 3.63) is 0 Å². The maximum absolute atomic E-state index is 9.56. The molecular formula is C9H19BrO. The van der Waals surface area contributed by atoms with E-state index in [-0.39, 0.29) is 5.41 Å². The fourth-order valence-corrected chi connectivity index (χ4v) is 2.59. The smallest absolute Gasteiger partial charge is 0.0596 e. The van der Waals surface area contributed by atoms with Gasteiger partial charge in [-0.1, -0.05) is 29.8 Å². The van der Waals surface area contributed by atoms with E-state index in [0.717, 1.165) is 18.2 Å². The van der Waals surface area contributed by atoms with Crippen LogP contribution in [0, 0.1) is 5.41 Å². The first kappa shape index (κ1) is 11.4. The molecule has 0 heterocycles. The van der Waals surface area contributed by atoms with Crippen LogP contribution in [0.2, 0.25) is 0 Å². The quantitative estimate of drug-likeness (QED) is 0.726. The van der Waals surface area contributed by atoms with Gasteiger partial charge in [0.25, 0.3) is 0 Å². The summed E-state index contributed by atoms with van der Waals surface area (Å²) < 4.78 is 0. The Morgan fingerprint density at radius 3 is 1.91 bits per heavy atom. The number of aliphatic hydroxyl groups is 1. The maximum atomic E-state index is 9.56. The summed E-state index contributed by atoms with van der Waals surface area (Å²) in [4.78, 5) is 0. The van der Waals surface area contributed by atoms with Crippen molar-refractivity contribution in [1.29, 1.82) is 0 Å². The van der Waals surface area contributed by atoms with Gasteiger partial charge in [0.15, 0.2) is 0 Å². The molecule has 0 amide bonds. The van der Waals surface area contributed by atoms with Gasteiger partial charge >= 0.3 is 0 Å². The van der Waals surface area contributed by atoms with Crippen LogP contribution in [0.5, 0.6) is 0 Å². The molecular weight excluding hydrogens is 204 g/mol. The Morgan fingerprint density at radius 1 is 1.18 bits per heavy atom. The van der Waals surface area contributed by atoms with E-state index >= 15 is 0 Å². The van der Waals surface area contributed by atoms with Crippen LogP contribution in [0.4, 0.5) is 0 Å². The lowest BCUT2D eigenvalue weighted by molar-refractivity contribution is 0.0312. The highest BCUT2D eigenvalue weighted by Gasteiger charge is 2.25. The molecule has 0 bridgehead atoms. The minimum Gasteiger partial charge on any atom is -0.390 e. The van der Waals surface area contributed by atoms with E-state index < -0.39 is 5.60 Å². The highest BCUT2D eigenvalue weighted by molar-refractivity contribution is 9.09. The molecule has 0 aliphatic carbocycles. The van der Waals surface area contributed by atoms with Gasteiger partial charge in [0.1, 0.15) is 0 Å². The fraction of sp³-hybridized carbons (Fsp3) is 1.00. The number of halogens is 1. The van der Waals surface area contributed by atoms with E-state index in [2.05, 4.69) is 29.8 Å². The average Bonchev–Trinajstić information content (AvgIpc) is 1.55. The van der Waals surface area contributed by atoms with Crippen molar-refractivity contribution >= 4 is 15.9 Å². The van der Waals surface area contributed by atoms with Crippen LogP contribution in [0.15, 0.2) is 0 Å². The van der Waals surface area contributed by atoms with Gasteiger partial charge in [-0.15, -0.1) is 0 Å². The Hall–Kier alpha value is 0.440. The second-order valence-corrected chi connectivity index (χ2v) is 5.39. The van der Waals surface area contributed by atoms with E-state index in [1.165, 1.54) is 0 Å². The van der Waals surface area contributed by atoms with E-state index in [0.29, 0.717) is 0 Å². The molecule has 1 nitrogen and oxygen atoms in total. The van der Waals surface area contributed by atoms with E-state index in [1.54, 1.807) is 0 Å². The summed E-state index contributed by atoms with van der Waals surface area (Å²) in [6.45, 7) is 8.10. The SMILES string of the molecule is CC(C)(O)CC(C)(C)CCBr. The van der Waals surface area contributed by atoms with Gasteiger partial charge in [-0.2, -0.15) is 0 Å². The molecule has 1 N–H and O–H groups in total. The van der Waals surface area contributed by atoms with E-state index in [4.69, 9.17) is 0 Å². The highest BCUT2D eigenvalue weighted by Crippen LogP contribution is 2.31. The van der Waals surface area contributed by atoms with Crippen molar-refractivity contribution in [2.24, 2.45) is 5.41 Å². The standard InChI is InChI=1S/C9H19BrO/c1-8(2,5-6-10)7-9(3,4)11/h11H,5-7H2,1-4H3. The second-order valence-electron chi connectivity index (χ2n) is 4.59. The van der Waals surface area contributed by atoms with Crippen molar-refractivity contribution in [2.45, 2.75) is 46.1 Å². The summed E-state index contributed by atoms with van der Waals surface area (Å²) >= 11 is 3.41. The van der Waals surface area contributed by atoms with Gasteiger partial charge < -0.3 is 5.11 Å². The Kier molecular flexibility index (Phi) is 4.06. The predicted molar refractivity (Wildman–Crippen MR) is 53.1 cm³/mol. The van der Waals surface area contributed by atoms with Crippen molar-refractivity contribution in [3.8, 4) is 0 Å². The van der Waals surface area contributed by atoms with Gasteiger partial charge in [-0.05, 0) is 32.1 Å². The summed E-state index contributed by atoms with van der Waals surface area (Å²) in [5.41, 5.74) is -0.298. The Bertz CT molecular complexity index is 113. The average molecular weight is 223 g/mol. The monoisotopic (exact) mass is 222 g/mol. The summed E-state index contributed by atoms with van der Waals surface area (Å²) in [6, 6.07) is 0. The van der Waals surface area contributed by atoms with Crippen LogP contribution in [-0.2, 0) is 0 Å². The molecule has 0 aromatic carbocycles. The van der Waals surface area contributed by atoms with Crippen LogP contribution in [0.1, 0.15) is 40.5 Å². The number of alkyl halides is 1. The number of rotatable bonds is 4. The third-order valence-corrected chi connectivity index (χ3v) is 2.08. The normalized spacial score (nSPS) is 13.6. The lowest BCUT2D eigenvalue weighted by atomic mass is 9.80. The topological polar surface area (TPSA) is 20.2 Å². The molecule has 0 spiro atoms. The lowest BCUT2D eigenvalue weighted by Gasteiger charge is -2.30. The summed E-state index contributed by atoms with van der Waals surface area (Å²) in [7, 11) is 0. The molecule has 68 valence electrons. The summed E-state index contributed by atoms with van der Waals surface area (Å²) in [6.07, 6.45) is 1.96. The predicted octanol–water partition coefficient (Wildman–Crippen LogP) is 2.96. The van der Waals surface area contributed by atoms with E-state index in [9.17, 15) is 5.11 Å². The van der Waals surface area contributed by atoms with Crippen LogP contribution in [0.3, 0.4) is 0 Å². The molecule has 0 atom stereocenters. The van der Waals surface area contributed by atoms with E-state index in [1.807, 2.05) is 13.8 Å². The van der Waals surface area contributed by atoms with Crippen molar-refractivity contribution in [3.63, 3.8) is 0 Å². The van der Waals surface area contributed by atoms with Crippen LogP contribution in [-0.4, -0.2) is 16.0 Å². The van der Waals surface area contributed by atoms with Gasteiger partial charge in [-0.25, -0.2) is 0 Å². The molecule has 0 aromatic heterocycles. The molecule has 0 aliphatic heterocycles. The minimum absolute atomic E-state index is 0.238. The minimum atomic E-state index is -0.536. The Morgan fingerprint density at radius 2 is 1.64 bits per heavy atom. The maximum Gasteiger partial charge on any atom is 0.0596 e. The third kappa shape index (κ3) is 6.82. The first-order valence-corrected chi connectivity index (χ1v) is 5.17. The lowest BCUT2D eigenvalue weighted by Crippen LogP contribution is -2.28. The number of hydrogen-bond donors (Lipinski definition) is 1. The zero-order valence-electron chi connectivity index (χ0n) is 7.95. The Labute approximate surface area is 78.3 Å². The molecule has 2 heteroatoms. The molecule has 0 saturated heterocycles. The third-order valence-electron chi connectivity index (χ3n) is 1.68. The number of hydrogen-bond acceptors (Lipinski definition) is 1. The molecule has 0 unspecified atom stereocenters. The highest BCUT2D eigenvalue weighted by atomic mass is 79.9. The fourth-order valence-electron chi connectivity index (χ4n) is 1.52. The van der Waals surface area contributed by atoms with Gasteiger partial charge in [0, 0.05) is 5.33 Å². The van der Waals surface area contributed by atoms with Crippen LogP contribution in [0.25, 0.3) is 0 Å². The molecule has 0 saturated carbocycles. The molecule has 0 rings (SSSR count). The molecule has 0 fully saturated rings. The van der Waals surface area contributed by atoms with Crippen molar-refractivity contribution in [1.82, 2.24) is 0 Å². The van der Waals surface area contributed by atoms with Gasteiger partial charge in [0.05, 0.1) is 5.60 Å². The zero-order valence-corrected chi connectivity index (χ0v) is 9.53. The largest absolute Gasteiger partial charge is 0.390 e. The van der Waals surface area contributed by atoms with Crippen LogP contribution < -0.4 is 0 Å². The summed E-state index contributed by atoms with van der Waals surface area (Å²) in [5, 5.41) is 10.6. The van der Waals surface area contributed by atoms with Crippen LogP contribution >= 0.6 is 15.9 Å². The first-order chi connectivity index (χ1) is 4.77. The molecule has 0 aromatic rings. The zero-order chi connectivity index (χ0) is 9.12. The van der Waals surface area contributed by atoms with Gasteiger partial charge in [-0.3, -0.25) is 0 Å². The molecule has 0 radical (unpaired) electrons. The summed E-state index contributed by atoms with van der Waals surface area (Å²) in [5.74, 6) is 0. The van der Waals surface area contributed by atoms with Crippen molar-refractivity contribution < 1.29 is 5.11 Å². The first-order valence-electron chi connectivity index (χ1n) is 4.05. The van der Waals surface area contributed by atoms with Crippen molar-refractivity contribution in [2.75, 3.05) is 5.33 Å². The van der Waals surface area contributed by atoms with Gasteiger partial charge in [0.2, 0.25) is 0 Å². The molecule has 0 aliphatic rings. The second kappa shape index (κ2) is 3.90.